The second-order valence-electron chi connectivity index (χ2n) is 8.80. The fraction of sp³-hybridized carbons (Fsp3) is 0.591. The van der Waals surface area contributed by atoms with Crippen molar-refractivity contribution in [3.05, 3.63) is 35.4 Å². The molecule has 0 spiro atoms. The first-order chi connectivity index (χ1) is 13.4. The minimum atomic E-state index is -1.72. The van der Waals surface area contributed by atoms with Gasteiger partial charge in [0, 0.05) is 11.6 Å². The first kappa shape index (κ1) is 22.9. The molecule has 1 heterocycles. The van der Waals surface area contributed by atoms with Crippen LogP contribution in [0.1, 0.15) is 63.9 Å². The van der Waals surface area contributed by atoms with E-state index < -0.39 is 29.1 Å². The molecule has 2 amide bonds. The summed E-state index contributed by atoms with van der Waals surface area (Å²) in [6, 6.07) is 5.54. The van der Waals surface area contributed by atoms with Gasteiger partial charge in [0.2, 0.25) is 0 Å². The molecule has 1 unspecified atom stereocenters. The smallest absolute Gasteiger partial charge is 0.328 e. The summed E-state index contributed by atoms with van der Waals surface area (Å²) in [7, 11) is 1.28. The number of nitrogens with zero attached hydrogens (tertiary/aromatic N) is 1. The Labute approximate surface area is 172 Å². The van der Waals surface area contributed by atoms with Crippen LogP contribution in [0.4, 0.5) is 0 Å². The van der Waals surface area contributed by atoms with E-state index in [0.717, 1.165) is 0 Å². The monoisotopic (exact) mass is 404 g/mol. The molecule has 29 heavy (non-hydrogen) atoms. The molecule has 0 saturated carbocycles. The molecule has 0 bridgehead atoms. The average molecular weight is 405 g/mol. The Morgan fingerprint density at radius 3 is 2.31 bits per heavy atom. The third-order valence-electron chi connectivity index (χ3n) is 5.57. The zero-order chi connectivity index (χ0) is 22.1. The molecule has 0 radical (unpaired) electrons. The van der Waals surface area contributed by atoms with Crippen molar-refractivity contribution in [2.75, 3.05) is 7.11 Å². The summed E-state index contributed by atoms with van der Waals surface area (Å²) in [5.41, 5.74) is -1.91. The van der Waals surface area contributed by atoms with E-state index in [0.29, 0.717) is 12.0 Å². The van der Waals surface area contributed by atoms with Gasteiger partial charge in [-0.05, 0) is 57.7 Å². The van der Waals surface area contributed by atoms with Crippen LogP contribution in [-0.4, -0.2) is 52.5 Å². The molecule has 0 aliphatic carbocycles. The van der Waals surface area contributed by atoms with Crippen LogP contribution in [0.25, 0.3) is 0 Å². The predicted molar refractivity (Wildman–Crippen MR) is 109 cm³/mol. The maximum absolute atomic E-state index is 12.8. The van der Waals surface area contributed by atoms with Gasteiger partial charge >= 0.3 is 5.97 Å². The van der Waals surface area contributed by atoms with Crippen molar-refractivity contribution in [3.63, 3.8) is 0 Å². The van der Waals surface area contributed by atoms with Gasteiger partial charge in [-0.1, -0.05) is 26.0 Å². The third-order valence-corrected chi connectivity index (χ3v) is 5.57. The van der Waals surface area contributed by atoms with E-state index in [1.807, 2.05) is 27.7 Å². The lowest BCUT2D eigenvalue weighted by molar-refractivity contribution is -0.221. The van der Waals surface area contributed by atoms with Gasteiger partial charge in [-0.25, -0.2) is 4.79 Å². The molecular formula is C22H32N2O5. The van der Waals surface area contributed by atoms with Crippen molar-refractivity contribution in [2.45, 2.75) is 71.2 Å². The first-order valence-electron chi connectivity index (χ1n) is 9.93. The van der Waals surface area contributed by atoms with Crippen molar-refractivity contribution in [1.82, 2.24) is 10.2 Å². The Morgan fingerprint density at radius 1 is 1.21 bits per heavy atom. The summed E-state index contributed by atoms with van der Waals surface area (Å²) in [5.74, 6) is -1.18. The molecule has 7 nitrogen and oxygen atoms in total. The van der Waals surface area contributed by atoms with Gasteiger partial charge in [-0.15, -0.1) is 0 Å². The number of carbonyl (C=O) groups is 3. The van der Waals surface area contributed by atoms with Crippen molar-refractivity contribution in [3.8, 4) is 0 Å². The Morgan fingerprint density at radius 2 is 1.83 bits per heavy atom. The Bertz CT molecular complexity index is 802. The minimum absolute atomic E-state index is 0.0545. The normalized spacial score (nSPS) is 21.7. The van der Waals surface area contributed by atoms with Crippen molar-refractivity contribution < 1.29 is 24.2 Å². The van der Waals surface area contributed by atoms with Crippen LogP contribution in [0.15, 0.2) is 24.3 Å². The van der Waals surface area contributed by atoms with Crippen molar-refractivity contribution >= 4 is 17.8 Å². The number of amides is 2. The second-order valence-corrected chi connectivity index (χ2v) is 8.80. The zero-order valence-corrected chi connectivity index (χ0v) is 18.3. The number of hydrogen-bond donors (Lipinski definition) is 2. The molecule has 1 aromatic rings. The van der Waals surface area contributed by atoms with Gasteiger partial charge in [0.05, 0.1) is 12.6 Å². The number of rotatable bonds is 7. The quantitative estimate of drug-likeness (QED) is 0.537. The Balaban J connectivity index is 2.31. The summed E-state index contributed by atoms with van der Waals surface area (Å²) in [6.07, 6.45) is 0.441. The number of nitrogens with one attached hydrogen (secondary N) is 1. The molecule has 2 N–H and O–H groups in total. The highest BCUT2D eigenvalue weighted by Gasteiger charge is 2.67. The molecule has 1 aliphatic heterocycles. The van der Waals surface area contributed by atoms with Crippen LogP contribution < -0.4 is 5.32 Å². The maximum Gasteiger partial charge on any atom is 0.328 e. The number of β-lactam (4-membered cyclic amide) rings is 1. The van der Waals surface area contributed by atoms with Gasteiger partial charge in [-0.2, -0.15) is 0 Å². The maximum atomic E-state index is 12.8. The van der Waals surface area contributed by atoms with E-state index in [9.17, 15) is 19.5 Å². The van der Waals surface area contributed by atoms with Crippen LogP contribution in [-0.2, 0) is 19.9 Å². The minimum Gasteiger partial charge on any atom is -0.467 e. The van der Waals surface area contributed by atoms with Gasteiger partial charge < -0.3 is 20.1 Å². The van der Waals surface area contributed by atoms with Crippen molar-refractivity contribution in [1.29, 1.82) is 0 Å². The second kappa shape index (κ2) is 8.14. The SMILES string of the molecule is COC(=O)[C@H](CC(C)C)NC(=O)c1cccc(C2(O)C(=O)N(C(C)C)C2(C)C)c1. The third kappa shape index (κ3) is 3.88. The number of ether oxygens (including phenoxy) is 1. The van der Waals surface area contributed by atoms with Gasteiger partial charge in [0.1, 0.15) is 6.04 Å². The standard InChI is InChI=1S/C22H32N2O5/c1-13(2)11-17(19(26)29-7)23-18(25)15-9-8-10-16(12-15)22(28)20(27)24(14(3)4)21(22,5)6/h8-10,12-14,17,28H,11H2,1-7H3,(H,23,25)/t17-,22?/m0/s1. The molecule has 1 saturated heterocycles. The van der Waals surface area contributed by atoms with E-state index >= 15 is 0 Å². The highest BCUT2D eigenvalue weighted by Crippen LogP contribution is 2.49. The largest absolute Gasteiger partial charge is 0.467 e. The summed E-state index contributed by atoms with van der Waals surface area (Å²) < 4.78 is 4.79. The van der Waals surface area contributed by atoms with E-state index in [-0.39, 0.29) is 23.4 Å². The molecule has 7 heteroatoms. The predicted octanol–water partition coefficient (Wildman–Crippen LogP) is 2.22. The number of esters is 1. The highest BCUT2D eigenvalue weighted by molar-refractivity contribution is 5.99. The highest BCUT2D eigenvalue weighted by atomic mass is 16.5. The first-order valence-corrected chi connectivity index (χ1v) is 9.93. The lowest BCUT2D eigenvalue weighted by atomic mass is 9.66. The van der Waals surface area contributed by atoms with Crippen molar-refractivity contribution in [2.24, 2.45) is 5.92 Å². The molecule has 1 aromatic carbocycles. The fourth-order valence-corrected chi connectivity index (χ4v) is 4.12. The number of benzene rings is 1. The average Bonchev–Trinajstić information content (AvgIpc) is 2.65. The van der Waals surface area contributed by atoms with Crippen LogP contribution in [0.2, 0.25) is 0 Å². The van der Waals surface area contributed by atoms with E-state index in [4.69, 9.17) is 4.74 Å². The van der Waals surface area contributed by atoms with Crippen LogP contribution in [0.5, 0.6) is 0 Å². The Kier molecular flexibility index (Phi) is 6.42. The number of aliphatic hydroxyl groups is 1. The summed E-state index contributed by atoms with van der Waals surface area (Å²) in [4.78, 5) is 39.2. The summed E-state index contributed by atoms with van der Waals surface area (Å²) in [5, 5.41) is 13.9. The van der Waals surface area contributed by atoms with Gasteiger partial charge in [0.25, 0.3) is 11.8 Å². The number of likely N-dealkylation sites (tertiary alicyclic amines) is 1. The fourth-order valence-electron chi connectivity index (χ4n) is 4.12. The van der Waals surface area contributed by atoms with Crippen LogP contribution in [0, 0.1) is 5.92 Å². The van der Waals surface area contributed by atoms with Gasteiger partial charge in [0.15, 0.2) is 5.60 Å². The van der Waals surface area contributed by atoms with Gasteiger partial charge in [-0.3, -0.25) is 9.59 Å². The number of carbonyl (C=O) groups excluding carboxylic acids is 3. The molecule has 2 atom stereocenters. The molecule has 0 aromatic heterocycles. The molecule has 2 rings (SSSR count). The lowest BCUT2D eigenvalue weighted by Gasteiger charge is -2.61. The zero-order valence-electron chi connectivity index (χ0n) is 18.3. The summed E-state index contributed by atoms with van der Waals surface area (Å²) >= 11 is 0. The molecule has 1 fully saturated rings. The van der Waals surface area contributed by atoms with Crippen LogP contribution >= 0.6 is 0 Å². The summed E-state index contributed by atoms with van der Waals surface area (Å²) in [6.45, 7) is 11.3. The molecule has 1 aliphatic rings. The van der Waals surface area contributed by atoms with E-state index in [1.54, 1.807) is 36.9 Å². The molecule has 160 valence electrons. The lowest BCUT2D eigenvalue weighted by Crippen LogP contribution is -2.79. The topological polar surface area (TPSA) is 95.9 Å². The molecular weight excluding hydrogens is 372 g/mol. The number of hydrogen-bond acceptors (Lipinski definition) is 5. The Hall–Kier alpha value is -2.41. The van der Waals surface area contributed by atoms with E-state index in [2.05, 4.69) is 5.32 Å². The number of methoxy groups -OCH3 is 1. The van der Waals surface area contributed by atoms with E-state index in [1.165, 1.54) is 13.2 Å². The van der Waals surface area contributed by atoms with Crippen LogP contribution in [0.3, 0.4) is 0 Å².